The zero-order valence-corrected chi connectivity index (χ0v) is 10.1. The predicted molar refractivity (Wildman–Crippen MR) is 64.7 cm³/mol. The summed E-state index contributed by atoms with van der Waals surface area (Å²) >= 11 is 1.73. The number of hydrogen-bond acceptors (Lipinski definition) is 4. The highest BCUT2D eigenvalue weighted by atomic mass is 32.1. The van der Waals surface area contributed by atoms with Gasteiger partial charge in [0.2, 0.25) is 0 Å². The number of benzene rings is 1. The lowest BCUT2D eigenvalue weighted by Crippen LogP contribution is -2.15. The summed E-state index contributed by atoms with van der Waals surface area (Å²) in [7, 11) is 0. The summed E-state index contributed by atoms with van der Waals surface area (Å²) in [5.41, 5.74) is 0.950. The first-order chi connectivity index (χ1) is 7.75. The molecule has 0 saturated heterocycles. The summed E-state index contributed by atoms with van der Waals surface area (Å²) in [6.07, 6.45) is 0. The maximum absolute atomic E-state index is 5.65. The molecule has 1 aromatic heterocycles. The Morgan fingerprint density at radius 2 is 2.06 bits per heavy atom. The van der Waals surface area contributed by atoms with Crippen molar-refractivity contribution in [2.24, 2.45) is 0 Å². The molecule has 3 nitrogen and oxygen atoms in total. The fraction of sp³-hybridized carbons (Fsp3) is 0.417. The summed E-state index contributed by atoms with van der Waals surface area (Å²) in [5, 5.41) is 1.15. The highest BCUT2D eigenvalue weighted by Crippen LogP contribution is 2.40. The molecule has 84 valence electrons. The van der Waals surface area contributed by atoms with E-state index in [9.17, 15) is 0 Å². The molecule has 16 heavy (non-hydrogen) atoms. The van der Waals surface area contributed by atoms with Gasteiger partial charge in [0.25, 0.3) is 0 Å². The van der Waals surface area contributed by atoms with Crippen LogP contribution in [0.1, 0.15) is 24.8 Å². The van der Waals surface area contributed by atoms with E-state index in [2.05, 4.69) is 24.9 Å². The largest absolute Gasteiger partial charge is 0.486 e. The van der Waals surface area contributed by atoms with Gasteiger partial charge < -0.3 is 9.47 Å². The Bertz CT molecular complexity index is 533. The number of rotatable bonds is 1. The maximum Gasteiger partial charge on any atom is 0.188 e. The van der Waals surface area contributed by atoms with Crippen molar-refractivity contribution in [1.82, 2.24) is 4.98 Å². The molecule has 0 radical (unpaired) electrons. The molecule has 0 fully saturated rings. The van der Waals surface area contributed by atoms with Crippen molar-refractivity contribution in [3.63, 3.8) is 0 Å². The number of thiazole rings is 1. The van der Waals surface area contributed by atoms with Crippen LogP contribution in [0.4, 0.5) is 0 Å². The molecule has 0 atom stereocenters. The van der Waals surface area contributed by atoms with E-state index in [1.54, 1.807) is 11.3 Å². The van der Waals surface area contributed by atoms with Gasteiger partial charge >= 0.3 is 0 Å². The molecule has 0 unspecified atom stereocenters. The fourth-order valence-electron chi connectivity index (χ4n) is 1.76. The molecule has 0 N–H and O–H groups in total. The molecular formula is C12H13NO2S. The minimum atomic E-state index is 0.456. The Hall–Kier alpha value is -1.29. The zero-order valence-electron chi connectivity index (χ0n) is 9.32. The number of nitrogens with zero attached hydrogens (tertiary/aromatic N) is 1. The van der Waals surface area contributed by atoms with Crippen molar-refractivity contribution < 1.29 is 9.47 Å². The van der Waals surface area contributed by atoms with Gasteiger partial charge in [-0.25, -0.2) is 4.98 Å². The Kier molecular flexibility index (Phi) is 2.24. The first-order valence-corrected chi connectivity index (χ1v) is 6.26. The third-order valence-electron chi connectivity index (χ3n) is 2.58. The highest BCUT2D eigenvalue weighted by molar-refractivity contribution is 7.18. The molecule has 0 amide bonds. The summed E-state index contributed by atoms with van der Waals surface area (Å²) in [6, 6.07) is 4.03. The normalized spacial score (nSPS) is 14.7. The van der Waals surface area contributed by atoms with E-state index in [1.807, 2.05) is 6.07 Å². The van der Waals surface area contributed by atoms with Crippen LogP contribution in [0, 0.1) is 0 Å². The van der Waals surface area contributed by atoms with Crippen molar-refractivity contribution in [1.29, 1.82) is 0 Å². The van der Waals surface area contributed by atoms with Gasteiger partial charge in [-0.05, 0) is 12.1 Å². The molecule has 2 aromatic rings. The highest BCUT2D eigenvalue weighted by Gasteiger charge is 2.18. The van der Waals surface area contributed by atoms with E-state index >= 15 is 0 Å². The second-order valence-electron chi connectivity index (χ2n) is 4.14. The average Bonchev–Trinajstić information content (AvgIpc) is 2.73. The zero-order chi connectivity index (χ0) is 11.1. The van der Waals surface area contributed by atoms with Crippen LogP contribution < -0.4 is 9.47 Å². The number of aromatic nitrogens is 1. The van der Waals surface area contributed by atoms with E-state index in [0.29, 0.717) is 19.1 Å². The first-order valence-electron chi connectivity index (χ1n) is 5.45. The van der Waals surface area contributed by atoms with Crippen molar-refractivity contribution >= 4 is 21.6 Å². The molecule has 0 bridgehead atoms. The van der Waals surface area contributed by atoms with Crippen LogP contribution in [0.3, 0.4) is 0 Å². The monoisotopic (exact) mass is 235 g/mol. The quantitative estimate of drug-likeness (QED) is 0.760. The van der Waals surface area contributed by atoms with Gasteiger partial charge in [0.1, 0.15) is 18.7 Å². The van der Waals surface area contributed by atoms with E-state index < -0.39 is 0 Å². The van der Waals surface area contributed by atoms with E-state index in [-0.39, 0.29) is 0 Å². The average molecular weight is 235 g/mol. The van der Waals surface area contributed by atoms with Crippen LogP contribution in [-0.4, -0.2) is 18.2 Å². The molecule has 0 spiro atoms. The van der Waals surface area contributed by atoms with Crippen LogP contribution in [0.5, 0.6) is 11.5 Å². The standard InChI is InChI=1S/C12H13NO2S/c1-7(2)12-13-10-9(16-12)4-3-8-11(10)15-6-5-14-8/h3-4,7H,5-6H2,1-2H3. The van der Waals surface area contributed by atoms with Gasteiger partial charge in [-0.3, -0.25) is 0 Å². The summed E-state index contributed by atoms with van der Waals surface area (Å²) < 4.78 is 12.4. The molecule has 1 aromatic carbocycles. The Labute approximate surface area is 98.0 Å². The third kappa shape index (κ3) is 1.45. The third-order valence-corrected chi connectivity index (χ3v) is 3.90. The number of fused-ring (bicyclic) bond motifs is 3. The Balaban J connectivity index is 2.22. The molecule has 4 heteroatoms. The van der Waals surface area contributed by atoms with E-state index in [4.69, 9.17) is 9.47 Å². The molecule has 0 aliphatic carbocycles. The summed E-state index contributed by atoms with van der Waals surface area (Å²) in [4.78, 5) is 4.64. The van der Waals surface area contributed by atoms with Gasteiger partial charge in [-0.2, -0.15) is 0 Å². The van der Waals surface area contributed by atoms with Crippen molar-refractivity contribution in [3.8, 4) is 11.5 Å². The lowest BCUT2D eigenvalue weighted by Gasteiger charge is -2.17. The molecular weight excluding hydrogens is 222 g/mol. The van der Waals surface area contributed by atoms with Gasteiger partial charge in [-0.1, -0.05) is 13.8 Å². The second-order valence-corrected chi connectivity index (χ2v) is 5.21. The molecule has 1 aliphatic rings. The number of ether oxygens (including phenoxy) is 2. The number of hydrogen-bond donors (Lipinski definition) is 0. The molecule has 3 rings (SSSR count). The van der Waals surface area contributed by atoms with Crippen LogP contribution in [0.2, 0.25) is 0 Å². The van der Waals surface area contributed by atoms with Crippen LogP contribution in [0.15, 0.2) is 12.1 Å². The van der Waals surface area contributed by atoms with Crippen molar-refractivity contribution in [2.45, 2.75) is 19.8 Å². The minimum Gasteiger partial charge on any atom is -0.486 e. The van der Waals surface area contributed by atoms with Crippen LogP contribution in [0.25, 0.3) is 10.2 Å². The topological polar surface area (TPSA) is 31.4 Å². The summed E-state index contributed by atoms with van der Waals surface area (Å²) in [5.74, 6) is 2.09. The van der Waals surface area contributed by atoms with Gasteiger partial charge in [-0.15, -0.1) is 11.3 Å². The first kappa shape index (κ1) is 9.90. The van der Waals surface area contributed by atoms with Crippen LogP contribution in [-0.2, 0) is 0 Å². The molecule has 0 saturated carbocycles. The fourth-order valence-corrected chi connectivity index (χ4v) is 2.73. The molecule has 2 heterocycles. The Morgan fingerprint density at radius 1 is 1.25 bits per heavy atom. The van der Waals surface area contributed by atoms with Gasteiger partial charge in [0, 0.05) is 5.92 Å². The van der Waals surface area contributed by atoms with Gasteiger partial charge in [0.15, 0.2) is 11.5 Å². The van der Waals surface area contributed by atoms with Crippen molar-refractivity contribution in [2.75, 3.05) is 13.2 Å². The summed E-state index contributed by atoms with van der Waals surface area (Å²) in [6.45, 7) is 5.55. The predicted octanol–water partition coefficient (Wildman–Crippen LogP) is 3.19. The SMILES string of the molecule is CC(C)c1nc2c3c(ccc2s1)OCCO3. The van der Waals surface area contributed by atoms with Crippen molar-refractivity contribution in [3.05, 3.63) is 17.1 Å². The second kappa shape index (κ2) is 3.63. The maximum atomic E-state index is 5.65. The van der Waals surface area contributed by atoms with E-state index in [1.165, 1.54) is 4.70 Å². The lowest BCUT2D eigenvalue weighted by molar-refractivity contribution is 0.173. The van der Waals surface area contributed by atoms with E-state index in [0.717, 1.165) is 22.0 Å². The Morgan fingerprint density at radius 3 is 2.88 bits per heavy atom. The lowest BCUT2D eigenvalue weighted by atomic mass is 10.2. The smallest absolute Gasteiger partial charge is 0.188 e. The molecule has 1 aliphatic heterocycles. The van der Waals surface area contributed by atoms with Crippen LogP contribution >= 0.6 is 11.3 Å². The minimum absolute atomic E-state index is 0.456. The van der Waals surface area contributed by atoms with Gasteiger partial charge in [0.05, 0.1) is 9.71 Å².